The number of benzene rings is 4. The van der Waals surface area contributed by atoms with Crippen LogP contribution in [0.4, 0.5) is 0 Å². The molecule has 0 heterocycles. The second kappa shape index (κ2) is 10.7. The van der Waals surface area contributed by atoms with Gasteiger partial charge < -0.3 is 4.18 Å². The van der Waals surface area contributed by atoms with Gasteiger partial charge in [0.15, 0.2) is 5.75 Å². The lowest BCUT2D eigenvalue weighted by atomic mass is 9.94. The van der Waals surface area contributed by atoms with E-state index in [1.54, 1.807) is 42.5 Å². The number of hydrogen-bond donors (Lipinski definition) is 1. The van der Waals surface area contributed by atoms with Crippen LogP contribution in [0.2, 0.25) is 0 Å². The van der Waals surface area contributed by atoms with Gasteiger partial charge in [-0.1, -0.05) is 72.3 Å². The SMILES string of the molecule is Cc1ccc(OS(=O)(=O)c2ccccc2)c(-c2cccc(S(=O)(=O)O)c2CCCc2ccccc2)c1. The fourth-order valence-electron chi connectivity index (χ4n) is 4.11. The number of hydrogen-bond acceptors (Lipinski definition) is 5. The van der Waals surface area contributed by atoms with Gasteiger partial charge in [-0.3, -0.25) is 4.55 Å². The fraction of sp³-hybridized carbons (Fsp3) is 0.143. The maximum Gasteiger partial charge on any atom is 0.339 e. The average molecular weight is 523 g/mol. The van der Waals surface area contributed by atoms with Gasteiger partial charge in [0.25, 0.3) is 10.1 Å². The molecule has 36 heavy (non-hydrogen) atoms. The number of rotatable bonds is 9. The van der Waals surface area contributed by atoms with E-state index in [1.165, 1.54) is 24.3 Å². The summed E-state index contributed by atoms with van der Waals surface area (Å²) in [6.07, 6.45) is 1.67. The first-order chi connectivity index (χ1) is 17.1. The quantitative estimate of drug-likeness (QED) is 0.219. The lowest BCUT2D eigenvalue weighted by Crippen LogP contribution is -2.11. The van der Waals surface area contributed by atoms with Gasteiger partial charge in [0.05, 0.1) is 4.90 Å². The molecule has 0 saturated carbocycles. The predicted molar refractivity (Wildman–Crippen MR) is 139 cm³/mol. The standard InChI is InChI=1S/C28H26O6S2/c1-21-18-19-27(34-36(32,33)23-13-6-3-7-14-23)26(20-21)24-15-9-17-28(35(29,30)31)25(24)16-8-12-22-10-4-2-5-11-22/h2-7,9-11,13-15,17-20H,8,12,16H2,1H3,(H,29,30,31). The van der Waals surface area contributed by atoms with E-state index in [2.05, 4.69) is 0 Å². The van der Waals surface area contributed by atoms with Crippen molar-refractivity contribution in [2.45, 2.75) is 36.0 Å². The molecule has 0 radical (unpaired) electrons. The normalized spacial score (nSPS) is 11.8. The summed E-state index contributed by atoms with van der Waals surface area (Å²) in [5.74, 6) is 0.0706. The molecule has 8 heteroatoms. The van der Waals surface area contributed by atoms with E-state index in [4.69, 9.17) is 4.18 Å². The summed E-state index contributed by atoms with van der Waals surface area (Å²) in [5, 5.41) is 0. The third kappa shape index (κ3) is 6.02. The lowest BCUT2D eigenvalue weighted by molar-refractivity contribution is 0.480. The van der Waals surface area contributed by atoms with Crippen LogP contribution in [0, 0.1) is 6.92 Å². The summed E-state index contributed by atoms with van der Waals surface area (Å²) < 4.78 is 65.9. The largest absolute Gasteiger partial charge is 0.378 e. The molecule has 1 N–H and O–H groups in total. The maximum atomic E-state index is 13.0. The molecule has 0 aliphatic rings. The summed E-state index contributed by atoms with van der Waals surface area (Å²) in [6, 6.07) is 27.2. The van der Waals surface area contributed by atoms with Crippen LogP contribution < -0.4 is 4.18 Å². The van der Waals surface area contributed by atoms with Gasteiger partial charge in [0.1, 0.15) is 4.90 Å². The molecular weight excluding hydrogens is 496 g/mol. The van der Waals surface area contributed by atoms with Crippen molar-refractivity contribution in [3.8, 4) is 16.9 Å². The van der Waals surface area contributed by atoms with Gasteiger partial charge in [-0.15, -0.1) is 0 Å². The van der Waals surface area contributed by atoms with Crippen LogP contribution in [0.5, 0.6) is 5.75 Å². The van der Waals surface area contributed by atoms with Gasteiger partial charge in [0, 0.05) is 5.56 Å². The van der Waals surface area contributed by atoms with Crippen molar-refractivity contribution in [2.75, 3.05) is 0 Å². The Balaban J connectivity index is 1.78. The fourth-order valence-corrected chi connectivity index (χ4v) is 5.85. The summed E-state index contributed by atoms with van der Waals surface area (Å²) in [5.41, 5.74) is 3.26. The minimum Gasteiger partial charge on any atom is -0.378 e. The molecule has 0 aliphatic carbocycles. The zero-order valence-corrected chi connectivity index (χ0v) is 21.3. The Hall–Kier alpha value is -3.46. The lowest BCUT2D eigenvalue weighted by Gasteiger charge is -2.17. The van der Waals surface area contributed by atoms with Crippen molar-refractivity contribution >= 4 is 20.2 Å². The van der Waals surface area contributed by atoms with E-state index < -0.39 is 20.2 Å². The summed E-state index contributed by atoms with van der Waals surface area (Å²) in [4.78, 5) is -0.197. The smallest absolute Gasteiger partial charge is 0.339 e. The molecule has 0 aliphatic heterocycles. The number of aryl methyl sites for hydroxylation is 2. The third-order valence-electron chi connectivity index (χ3n) is 5.80. The van der Waals surface area contributed by atoms with Crippen LogP contribution in [0.15, 0.2) is 107 Å². The molecule has 6 nitrogen and oxygen atoms in total. The van der Waals surface area contributed by atoms with Crippen molar-refractivity contribution in [1.29, 1.82) is 0 Å². The van der Waals surface area contributed by atoms with Gasteiger partial charge in [0.2, 0.25) is 0 Å². The van der Waals surface area contributed by atoms with E-state index in [0.717, 1.165) is 11.1 Å². The van der Waals surface area contributed by atoms with E-state index >= 15 is 0 Å². The Labute approximate surface area is 212 Å². The van der Waals surface area contributed by atoms with E-state index in [1.807, 2.05) is 37.3 Å². The molecule has 4 aromatic rings. The molecule has 0 unspecified atom stereocenters. The molecule has 4 aromatic carbocycles. The first-order valence-corrected chi connectivity index (χ1v) is 14.2. The molecule has 0 atom stereocenters. The molecular formula is C28H26O6S2. The highest BCUT2D eigenvalue weighted by molar-refractivity contribution is 7.87. The van der Waals surface area contributed by atoms with Crippen molar-refractivity contribution in [1.82, 2.24) is 0 Å². The highest BCUT2D eigenvalue weighted by Crippen LogP contribution is 2.38. The van der Waals surface area contributed by atoms with E-state index in [0.29, 0.717) is 36.0 Å². The summed E-state index contributed by atoms with van der Waals surface area (Å²) in [7, 11) is -8.65. The predicted octanol–water partition coefficient (Wildman–Crippen LogP) is 5.85. The van der Waals surface area contributed by atoms with Gasteiger partial charge in [-0.25, -0.2) is 0 Å². The summed E-state index contributed by atoms with van der Waals surface area (Å²) >= 11 is 0. The zero-order chi connectivity index (χ0) is 25.8. The molecule has 4 rings (SSSR count). The van der Waals surface area contributed by atoms with Gasteiger partial charge >= 0.3 is 10.1 Å². The second-order valence-electron chi connectivity index (χ2n) is 8.45. The average Bonchev–Trinajstić information content (AvgIpc) is 2.86. The minimum absolute atomic E-state index is 0.00583. The van der Waals surface area contributed by atoms with Crippen LogP contribution in [0.25, 0.3) is 11.1 Å². The van der Waals surface area contributed by atoms with Crippen LogP contribution in [0.1, 0.15) is 23.1 Å². The zero-order valence-electron chi connectivity index (χ0n) is 19.7. The molecule has 0 saturated heterocycles. The minimum atomic E-state index is -4.52. The Morgan fingerprint density at radius 2 is 1.39 bits per heavy atom. The Morgan fingerprint density at radius 3 is 2.06 bits per heavy atom. The Bertz CT molecular complexity index is 1560. The topological polar surface area (TPSA) is 97.7 Å². The maximum absolute atomic E-state index is 13.0. The Morgan fingerprint density at radius 1 is 0.722 bits per heavy atom. The first-order valence-electron chi connectivity index (χ1n) is 11.4. The van der Waals surface area contributed by atoms with Crippen molar-refractivity contribution < 1.29 is 25.6 Å². The highest BCUT2D eigenvalue weighted by atomic mass is 32.2. The van der Waals surface area contributed by atoms with Crippen LogP contribution in [0.3, 0.4) is 0 Å². The molecule has 0 bridgehead atoms. The van der Waals surface area contributed by atoms with E-state index in [9.17, 15) is 21.4 Å². The van der Waals surface area contributed by atoms with Crippen molar-refractivity contribution in [3.63, 3.8) is 0 Å². The first kappa shape index (κ1) is 25.6. The van der Waals surface area contributed by atoms with Crippen LogP contribution >= 0.6 is 0 Å². The molecule has 186 valence electrons. The van der Waals surface area contributed by atoms with Crippen LogP contribution in [-0.2, 0) is 33.1 Å². The third-order valence-corrected chi connectivity index (χ3v) is 7.99. The van der Waals surface area contributed by atoms with Crippen molar-refractivity contribution in [2.24, 2.45) is 0 Å². The second-order valence-corrected chi connectivity index (χ2v) is 11.4. The highest BCUT2D eigenvalue weighted by Gasteiger charge is 2.23. The van der Waals surface area contributed by atoms with Crippen molar-refractivity contribution in [3.05, 3.63) is 114 Å². The van der Waals surface area contributed by atoms with Crippen LogP contribution in [-0.4, -0.2) is 21.4 Å². The summed E-state index contributed by atoms with van der Waals surface area (Å²) in [6.45, 7) is 1.85. The molecule has 0 amide bonds. The van der Waals surface area contributed by atoms with Gasteiger partial charge in [-0.2, -0.15) is 16.8 Å². The van der Waals surface area contributed by atoms with Gasteiger partial charge in [-0.05, 0) is 73.2 Å². The molecule has 0 fully saturated rings. The van der Waals surface area contributed by atoms with E-state index in [-0.39, 0.29) is 15.5 Å². The molecule has 0 spiro atoms. The Kier molecular flexibility index (Phi) is 7.59. The monoisotopic (exact) mass is 522 g/mol. The molecule has 0 aromatic heterocycles.